The second-order valence-electron chi connectivity index (χ2n) is 6.73. The van der Waals surface area contributed by atoms with Gasteiger partial charge in [-0.3, -0.25) is 0 Å². The number of fused-ring (bicyclic) bond motifs is 2. The van der Waals surface area contributed by atoms with E-state index in [4.69, 9.17) is 0 Å². The summed E-state index contributed by atoms with van der Waals surface area (Å²) in [6.45, 7) is 0. The van der Waals surface area contributed by atoms with Gasteiger partial charge in [-0.25, -0.2) is 0 Å². The Labute approximate surface area is 135 Å². The average molecular weight is 292 g/mol. The Morgan fingerprint density at radius 3 is 1.82 bits per heavy atom. The minimum absolute atomic E-state index is 0.770. The lowest BCUT2D eigenvalue weighted by Crippen LogP contribution is -2.16. The molecule has 0 N–H and O–H groups in total. The summed E-state index contributed by atoms with van der Waals surface area (Å²) in [6, 6.07) is 0. The molecule has 0 heteroatoms. The van der Waals surface area contributed by atoms with Gasteiger partial charge in [0.25, 0.3) is 0 Å². The van der Waals surface area contributed by atoms with Crippen LogP contribution in [0.5, 0.6) is 0 Å². The molecule has 0 aromatic carbocycles. The molecule has 116 valence electrons. The van der Waals surface area contributed by atoms with Crippen LogP contribution >= 0.6 is 0 Å². The molecule has 2 bridgehead atoms. The first-order valence-electron chi connectivity index (χ1n) is 8.95. The Balaban J connectivity index is 1.77. The second-order valence-corrected chi connectivity index (χ2v) is 6.73. The third kappa shape index (κ3) is 4.00. The van der Waals surface area contributed by atoms with Crippen LogP contribution in [0, 0.1) is 17.8 Å². The lowest BCUT2D eigenvalue weighted by atomic mass is 9.80. The highest BCUT2D eigenvalue weighted by Gasteiger charge is 2.36. The molecule has 0 aromatic rings. The van der Waals surface area contributed by atoms with Crippen LogP contribution in [0.3, 0.4) is 0 Å². The van der Waals surface area contributed by atoms with Crippen LogP contribution < -0.4 is 0 Å². The van der Waals surface area contributed by atoms with Crippen LogP contribution in [0.2, 0.25) is 0 Å². The van der Waals surface area contributed by atoms with Crippen molar-refractivity contribution in [2.75, 3.05) is 0 Å². The van der Waals surface area contributed by atoms with Crippen LogP contribution in [0.25, 0.3) is 0 Å². The van der Waals surface area contributed by atoms with Crippen LogP contribution in [0.4, 0.5) is 0 Å². The van der Waals surface area contributed by atoms with Crippen molar-refractivity contribution in [1.29, 1.82) is 0 Å². The van der Waals surface area contributed by atoms with E-state index < -0.39 is 0 Å². The fraction of sp³-hybridized carbons (Fsp3) is 0.455. The predicted molar refractivity (Wildman–Crippen MR) is 96.6 cm³/mol. The van der Waals surface area contributed by atoms with Crippen molar-refractivity contribution in [2.24, 2.45) is 17.8 Å². The number of hydrogen-bond acceptors (Lipinski definition) is 0. The molecule has 0 spiro atoms. The van der Waals surface area contributed by atoms with Crippen LogP contribution in [0.15, 0.2) is 72.4 Å². The summed E-state index contributed by atoms with van der Waals surface area (Å²) in [5, 5.41) is 0. The monoisotopic (exact) mass is 292 g/mol. The molecule has 0 radical (unpaired) electrons. The summed E-state index contributed by atoms with van der Waals surface area (Å²) in [5.41, 5.74) is 1.62. The van der Waals surface area contributed by atoms with Gasteiger partial charge in [-0.2, -0.15) is 0 Å². The van der Waals surface area contributed by atoms with E-state index in [0.717, 1.165) is 37.0 Å². The molecule has 2 unspecified atom stereocenters. The third-order valence-electron chi connectivity index (χ3n) is 5.25. The first kappa shape index (κ1) is 15.3. The fourth-order valence-corrected chi connectivity index (χ4v) is 4.17. The van der Waals surface area contributed by atoms with Gasteiger partial charge in [-0.1, -0.05) is 66.8 Å². The van der Waals surface area contributed by atoms with Crippen molar-refractivity contribution >= 4 is 0 Å². The maximum Gasteiger partial charge on any atom is -0.0103 e. The highest BCUT2D eigenvalue weighted by molar-refractivity contribution is 5.31. The van der Waals surface area contributed by atoms with Gasteiger partial charge >= 0.3 is 0 Å². The average Bonchev–Trinajstić information content (AvgIpc) is 3.16. The van der Waals surface area contributed by atoms with Gasteiger partial charge in [-0.05, 0) is 68.3 Å². The summed E-state index contributed by atoms with van der Waals surface area (Å²) in [6.07, 6.45) is 34.1. The van der Waals surface area contributed by atoms with Gasteiger partial charge in [0.1, 0.15) is 0 Å². The van der Waals surface area contributed by atoms with Crippen LogP contribution in [-0.2, 0) is 0 Å². The van der Waals surface area contributed by atoms with E-state index in [2.05, 4.69) is 66.8 Å². The smallest absolute Gasteiger partial charge is 0.0103 e. The number of hydrogen-bond donors (Lipinski definition) is 0. The third-order valence-corrected chi connectivity index (χ3v) is 5.25. The normalized spacial score (nSPS) is 37.8. The minimum Gasteiger partial charge on any atom is -0.0843 e. The van der Waals surface area contributed by atoms with E-state index in [-0.39, 0.29) is 0 Å². The summed E-state index contributed by atoms with van der Waals surface area (Å²) in [5.74, 6) is 2.43. The van der Waals surface area contributed by atoms with Crippen molar-refractivity contribution in [3.05, 3.63) is 72.4 Å². The molecule has 0 nitrogen and oxygen atoms in total. The van der Waals surface area contributed by atoms with E-state index in [1.54, 1.807) is 5.57 Å². The molecule has 0 saturated heterocycles. The Morgan fingerprint density at radius 1 is 0.682 bits per heavy atom. The van der Waals surface area contributed by atoms with E-state index >= 15 is 0 Å². The van der Waals surface area contributed by atoms with E-state index in [9.17, 15) is 0 Å². The summed E-state index contributed by atoms with van der Waals surface area (Å²) in [4.78, 5) is 0. The molecule has 0 aliphatic heterocycles. The molecule has 3 aliphatic rings. The van der Waals surface area contributed by atoms with E-state index in [1.807, 2.05) is 0 Å². The Kier molecular flexibility index (Phi) is 5.70. The molecular weight excluding hydrogens is 264 g/mol. The quantitative estimate of drug-likeness (QED) is 0.531. The van der Waals surface area contributed by atoms with Gasteiger partial charge in [0.2, 0.25) is 0 Å². The highest BCUT2D eigenvalue weighted by Crippen LogP contribution is 2.46. The molecule has 0 amide bonds. The molecule has 3 rings (SSSR count). The Morgan fingerprint density at radius 2 is 1.27 bits per heavy atom. The van der Waals surface area contributed by atoms with Crippen molar-refractivity contribution in [2.45, 2.75) is 44.9 Å². The lowest BCUT2D eigenvalue weighted by Gasteiger charge is -2.24. The van der Waals surface area contributed by atoms with Gasteiger partial charge in [0.15, 0.2) is 0 Å². The van der Waals surface area contributed by atoms with Crippen molar-refractivity contribution in [1.82, 2.24) is 0 Å². The summed E-state index contributed by atoms with van der Waals surface area (Å²) >= 11 is 0. The van der Waals surface area contributed by atoms with Gasteiger partial charge in [-0.15, -0.1) is 0 Å². The molecule has 2 atom stereocenters. The van der Waals surface area contributed by atoms with Crippen molar-refractivity contribution in [3.8, 4) is 0 Å². The van der Waals surface area contributed by atoms with Crippen molar-refractivity contribution in [3.63, 3.8) is 0 Å². The maximum absolute atomic E-state index is 2.46. The molecular formula is C22H28. The zero-order valence-corrected chi connectivity index (χ0v) is 13.5. The number of allylic oxidation sites excluding steroid dienone is 12. The molecule has 22 heavy (non-hydrogen) atoms. The number of rotatable bonds is 1. The lowest BCUT2D eigenvalue weighted by molar-refractivity contribution is 0.371. The molecule has 1 fully saturated rings. The van der Waals surface area contributed by atoms with Gasteiger partial charge < -0.3 is 0 Å². The topological polar surface area (TPSA) is 0 Å². The van der Waals surface area contributed by atoms with Gasteiger partial charge in [0, 0.05) is 0 Å². The molecule has 0 aromatic heterocycles. The maximum atomic E-state index is 2.46. The van der Waals surface area contributed by atoms with Crippen molar-refractivity contribution < 1.29 is 0 Å². The molecule has 1 saturated carbocycles. The Bertz CT molecular complexity index is 490. The first-order valence-corrected chi connectivity index (χ1v) is 8.95. The summed E-state index contributed by atoms with van der Waals surface area (Å²) < 4.78 is 0. The zero-order chi connectivity index (χ0) is 15.0. The highest BCUT2D eigenvalue weighted by atomic mass is 14.4. The van der Waals surface area contributed by atoms with E-state index in [0.29, 0.717) is 0 Å². The van der Waals surface area contributed by atoms with E-state index in [1.165, 1.54) is 25.7 Å². The SMILES string of the molecule is C1=CC(C2C3C/C=C\C=C/CC/C=C\C=C/CC2CC3)=CC1. The summed E-state index contributed by atoms with van der Waals surface area (Å²) in [7, 11) is 0. The predicted octanol–water partition coefficient (Wildman–Crippen LogP) is 6.31. The molecule has 3 aliphatic carbocycles. The first-order chi connectivity index (χ1) is 10.9. The van der Waals surface area contributed by atoms with Crippen LogP contribution in [0.1, 0.15) is 44.9 Å². The largest absolute Gasteiger partial charge is 0.0843 e. The standard InChI is InChI=1S/C22H28/c1-2-4-6-8-10-14-21-18-17-20(13-9-7-5-3-1)22(21)19-15-11-12-16-19/h3-11,15-16,20-22H,1-2,12-14,17-18H2/b5-3-,6-4-,9-7-,10-8-. The second kappa shape index (κ2) is 8.17. The van der Waals surface area contributed by atoms with Gasteiger partial charge in [0.05, 0.1) is 0 Å². The fourth-order valence-electron chi connectivity index (χ4n) is 4.17. The Hall–Kier alpha value is -1.56. The molecule has 0 heterocycles. The minimum atomic E-state index is 0.770. The van der Waals surface area contributed by atoms with Crippen LogP contribution in [-0.4, -0.2) is 0 Å². The zero-order valence-electron chi connectivity index (χ0n) is 13.5.